The van der Waals surface area contributed by atoms with Crippen molar-refractivity contribution in [3.05, 3.63) is 71.3 Å². The largest absolute Gasteiger partial charge is 0.436 e. The fourth-order valence-electron chi connectivity index (χ4n) is 2.33. The molecule has 0 spiro atoms. The summed E-state index contributed by atoms with van der Waals surface area (Å²) in [4.78, 5) is 24.1. The quantitative estimate of drug-likeness (QED) is 0.332. The van der Waals surface area contributed by atoms with Gasteiger partial charge in [-0.05, 0) is 24.3 Å². The third-order valence-electron chi connectivity index (χ3n) is 3.62. The van der Waals surface area contributed by atoms with Crippen molar-refractivity contribution in [2.45, 2.75) is 0 Å². The lowest BCUT2D eigenvalue weighted by Crippen LogP contribution is -2.29. The van der Waals surface area contributed by atoms with Crippen LogP contribution in [0.5, 0.6) is 23.3 Å². The number of benzene rings is 2. The van der Waals surface area contributed by atoms with Crippen molar-refractivity contribution >= 4 is 23.2 Å². The molecule has 11 heteroatoms. The Balaban J connectivity index is 1.96. The summed E-state index contributed by atoms with van der Waals surface area (Å²) in [5.74, 6) is -2.64. The second-order valence-electron chi connectivity index (χ2n) is 5.49. The van der Waals surface area contributed by atoms with Crippen molar-refractivity contribution < 1.29 is 28.7 Å². The molecule has 3 aromatic rings. The van der Waals surface area contributed by atoms with Crippen molar-refractivity contribution in [1.82, 2.24) is 15.4 Å². The molecule has 0 radical (unpaired) electrons. The lowest BCUT2D eigenvalue weighted by molar-refractivity contribution is -0.122. The summed E-state index contributed by atoms with van der Waals surface area (Å²) in [6.45, 7) is 0. The normalized spacial score (nSPS) is 11.0. The number of hydrogen-bond acceptors (Lipinski definition) is 8. The van der Waals surface area contributed by atoms with E-state index in [1.165, 1.54) is 24.7 Å². The van der Waals surface area contributed by atoms with Crippen LogP contribution in [0.25, 0.3) is 0 Å². The molecule has 0 unspecified atom stereocenters. The fourth-order valence-corrected chi connectivity index (χ4v) is 2.50. The molecule has 0 aliphatic heterocycles. The van der Waals surface area contributed by atoms with Crippen LogP contribution in [0.15, 0.2) is 60.0 Å². The first-order chi connectivity index (χ1) is 14.5. The van der Waals surface area contributed by atoms with E-state index in [9.17, 15) is 9.18 Å². The summed E-state index contributed by atoms with van der Waals surface area (Å²) in [7, 11) is 1.22. The van der Waals surface area contributed by atoms with Gasteiger partial charge in [0.25, 0.3) is 17.7 Å². The van der Waals surface area contributed by atoms with Gasteiger partial charge in [-0.2, -0.15) is 14.4 Å². The maximum Gasteiger partial charge on any atom is 0.297 e. The van der Waals surface area contributed by atoms with Crippen LogP contribution in [0.4, 0.5) is 4.39 Å². The molecule has 1 amide bonds. The number of nitrogens with zero attached hydrogens (tertiary/aromatic N) is 3. The summed E-state index contributed by atoms with van der Waals surface area (Å²) in [6.07, 6.45) is 1.04. The fraction of sp³-hybridized carbons (Fsp3) is 0.0526. The van der Waals surface area contributed by atoms with Crippen LogP contribution in [0, 0.1) is 5.82 Å². The van der Waals surface area contributed by atoms with E-state index in [4.69, 9.17) is 26.3 Å². The minimum atomic E-state index is -0.996. The summed E-state index contributed by atoms with van der Waals surface area (Å²) in [5.41, 5.74) is 1.26. The molecule has 0 saturated carbocycles. The highest BCUT2D eigenvalue weighted by atomic mass is 35.5. The minimum Gasteiger partial charge on any atom is -0.436 e. The smallest absolute Gasteiger partial charge is 0.297 e. The molecular weight excluding hydrogens is 419 g/mol. The molecule has 2 N–H and O–H groups in total. The molecule has 1 aromatic heterocycles. The van der Waals surface area contributed by atoms with E-state index in [0.29, 0.717) is 0 Å². The molecule has 9 nitrogen and oxygen atoms in total. The van der Waals surface area contributed by atoms with Crippen LogP contribution in [0.2, 0.25) is 5.02 Å². The van der Waals surface area contributed by atoms with E-state index in [0.717, 1.165) is 6.33 Å². The monoisotopic (exact) mass is 432 g/mol. The molecule has 3 rings (SSSR count). The number of amides is 1. The zero-order chi connectivity index (χ0) is 21.5. The van der Waals surface area contributed by atoms with Crippen LogP contribution in [-0.2, 0) is 9.63 Å². The van der Waals surface area contributed by atoms with Crippen LogP contribution in [-0.4, -0.2) is 33.9 Å². The van der Waals surface area contributed by atoms with Crippen LogP contribution in [0.3, 0.4) is 0 Å². The van der Waals surface area contributed by atoms with Gasteiger partial charge in [-0.1, -0.05) is 41.0 Å². The third kappa shape index (κ3) is 4.62. The number of carbonyl (C=O) groups excluding carboxylic acids is 1. The second-order valence-corrected chi connectivity index (χ2v) is 5.90. The molecule has 0 fully saturated rings. The van der Waals surface area contributed by atoms with E-state index >= 15 is 0 Å². The van der Waals surface area contributed by atoms with Gasteiger partial charge < -0.3 is 14.3 Å². The Bertz CT molecular complexity index is 1100. The van der Waals surface area contributed by atoms with Gasteiger partial charge in [-0.3, -0.25) is 10.0 Å². The van der Waals surface area contributed by atoms with E-state index in [2.05, 4.69) is 20.0 Å². The molecule has 0 bridgehead atoms. The summed E-state index contributed by atoms with van der Waals surface area (Å²) in [5, 5.41) is 12.8. The molecule has 0 aliphatic rings. The number of halogens is 2. The molecule has 0 aliphatic carbocycles. The van der Waals surface area contributed by atoms with Gasteiger partial charge in [0.2, 0.25) is 5.82 Å². The number of hydroxylamine groups is 1. The Morgan fingerprint density at radius 2 is 1.67 bits per heavy atom. The number of hydrogen-bond donors (Lipinski definition) is 2. The number of ether oxygens (including phenoxy) is 2. The zero-order valence-electron chi connectivity index (χ0n) is 15.4. The highest BCUT2D eigenvalue weighted by molar-refractivity contribution is 6.45. The summed E-state index contributed by atoms with van der Waals surface area (Å²) < 4.78 is 25.8. The van der Waals surface area contributed by atoms with Gasteiger partial charge in [-0.15, -0.1) is 0 Å². The average Bonchev–Trinajstić information content (AvgIpc) is 2.76. The van der Waals surface area contributed by atoms with Gasteiger partial charge in [0, 0.05) is 0 Å². The first-order valence-corrected chi connectivity index (χ1v) is 8.68. The molecule has 154 valence electrons. The number of para-hydroxylation sites is 2. The topological polar surface area (TPSA) is 115 Å². The third-order valence-corrected chi connectivity index (χ3v) is 3.93. The second kappa shape index (κ2) is 9.63. The lowest BCUT2D eigenvalue weighted by atomic mass is 10.1. The average molecular weight is 433 g/mol. The molecular formula is C19H14ClFN4O5. The highest BCUT2D eigenvalue weighted by Crippen LogP contribution is 2.33. The Labute approximate surface area is 174 Å². The van der Waals surface area contributed by atoms with Gasteiger partial charge in [0.05, 0.1) is 10.6 Å². The molecule has 0 saturated heterocycles. The molecule has 1 heterocycles. The zero-order valence-corrected chi connectivity index (χ0v) is 16.1. The summed E-state index contributed by atoms with van der Waals surface area (Å²) >= 11 is 6.02. The Morgan fingerprint density at radius 1 is 1.07 bits per heavy atom. The predicted octanol–water partition coefficient (Wildman–Crippen LogP) is 3.71. The van der Waals surface area contributed by atoms with E-state index < -0.39 is 23.5 Å². The van der Waals surface area contributed by atoms with E-state index in [1.54, 1.807) is 36.4 Å². The lowest BCUT2D eigenvalue weighted by Gasteiger charge is -2.12. The van der Waals surface area contributed by atoms with Gasteiger partial charge in [0.15, 0.2) is 5.71 Å². The molecule has 0 atom stereocenters. The van der Waals surface area contributed by atoms with Crippen molar-refractivity contribution in [2.24, 2.45) is 5.16 Å². The van der Waals surface area contributed by atoms with Crippen LogP contribution in [0.1, 0.15) is 5.56 Å². The van der Waals surface area contributed by atoms with Crippen molar-refractivity contribution in [3.8, 4) is 23.3 Å². The van der Waals surface area contributed by atoms with Crippen molar-refractivity contribution in [3.63, 3.8) is 0 Å². The van der Waals surface area contributed by atoms with Crippen LogP contribution < -0.4 is 15.0 Å². The summed E-state index contributed by atoms with van der Waals surface area (Å²) in [6, 6.07) is 12.5. The number of carbonyl (C=O) groups is 1. The van der Waals surface area contributed by atoms with Gasteiger partial charge in [0.1, 0.15) is 24.9 Å². The first-order valence-electron chi connectivity index (χ1n) is 8.30. The number of nitrogens with one attached hydrogen (secondary N) is 1. The Morgan fingerprint density at radius 3 is 2.30 bits per heavy atom. The Kier molecular flexibility index (Phi) is 6.73. The van der Waals surface area contributed by atoms with Crippen LogP contribution >= 0.6 is 11.6 Å². The van der Waals surface area contributed by atoms with Gasteiger partial charge >= 0.3 is 0 Å². The minimum absolute atomic E-state index is 0.0122. The van der Waals surface area contributed by atoms with E-state index in [1.807, 2.05) is 0 Å². The highest BCUT2D eigenvalue weighted by Gasteiger charge is 2.22. The number of aromatic nitrogens is 2. The number of rotatable bonds is 7. The van der Waals surface area contributed by atoms with Gasteiger partial charge in [-0.25, -0.2) is 5.48 Å². The SMILES string of the molecule is CO/N=C(\C(=O)NO)c1ccccc1Oc1ncnc(Oc2ccccc2Cl)c1F. The standard InChI is InChI=1S/C19H14ClFN4O5/c1-28-25-16(17(26)24-27)11-6-2-4-8-13(11)29-18-15(21)19(23-10-22-18)30-14-9-5-3-7-12(14)20/h2-10,27H,1H3,(H,24,26)/b25-16-. The Hall–Kier alpha value is -3.76. The van der Waals surface area contributed by atoms with E-state index in [-0.39, 0.29) is 27.8 Å². The van der Waals surface area contributed by atoms with Crippen molar-refractivity contribution in [1.29, 1.82) is 0 Å². The maximum absolute atomic E-state index is 14.9. The predicted molar refractivity (Wildman–Crippen MR) is 104 cm³/mol. The van der Waals surface area contributed by atoms with Crippen molar-refractivity contribution in [2.75, 3.05) is 7.11 Å². The molecule has 30 heavy (non-hydrogen) atoms. The first kappa shape index (κ1) is 21.0. The molecule has 2 aromatic carbocycles. The number of oxime groups is 1. The maximum atomic E-state index is 14.9.